The summed E-state index contributed by atoms with van der Waals surface area (Å²) in [6.45, 7) is 6.02. The number of anilines is 3. The summed E-state index contributed by atoms with van der Waals surface area (Å²) in [7, 11) is 2.12. The van der Waals surface area contributed by atoms with E-state index >= 15 is 0 Å². The summed E-state index contributed by atoms with van der Waals surface area (Å²) in [5, 5.41) is 5.23. The van der Waals surface area contributed by atoms with Gasteiger partial charge >= 0.3 is 11.8 Å². The molecule has 6 nitrogen and oxygen atoms in total. The molecular weight excluding hydrogens is 328 g/mol. The number of aryl methyl sites for hydroxylation is 1. The third-order valence-corrected chi connectivity index (χ3v) is 4.51. The van der Waals surface area contributed by atoms with Crippen molar-refractivity contribution in [2.75, 3.05) is 48.8 Å². The molecule has 0 atom stereocenters. The van der Waals surface area contributed by atoms with Crippen molar-refractivity contribution in [1.82, 2.24) is 4.90 Å². The Kier molecular flexibility index (Phi) is 5.53. The van der Waals surface area contributed by atoms with E-state index in [1.807, 2.05) is 43.3 Å². The summed E-state index contributed by atoms with van der Waals surface area (Å²) >= 11 is 0. The van der Waals surface area contributed by atoms with Gasteiger partial charge in [-0.15, -0.1) is 0 Å². The molecule has 1 heterocycles. The van der Waals surface area contributed by atoms with Gasteiger partial charge in [0.05, 0.1) is 0 Å². The van der Waals surface area contributed by atoms with Gasteiger partial charge in [0.2, 0.25) is 0 Å². The first-order chi connectivity index (χ1) is 12.5. The highest BCUT2D eigenvalue weighted by atomic mass is 16.2. The van der Waals surface area contributed by atoms with Crippen LogP contribution in [0.15, 0.2) is 48.5 Å². The second kappa shape index (κ2) is 8.01. The summed E-state index contributed by atoms with van der Waals surface area (Å²) in [6, 6.07) is 14.9. The second-order valence-corrected chi connectivity index (χ2v) is 6.61. The number of likely N-dealkylation sites (N-methyl/N-ethyl adjacent to an activating group) is 1. The number of hydrogen-bond donors (Lipinski definition) is 2. The monoisotopic (exact) mass is 352 g/mol. The first-order valence-electron chi connectivity index (χ1n) is 8.74. The van der Waals surface area contributed by atoms with E-state index in [-0.39, 0.29) is 0 Å². The molecule has 0 aromatic heterocycles. The van der Waals surface area contributed by atoms with Crippen molar-refractivity contribution in [3.8, 4) is 0 Å². The zero-order chi connectivity index (χ0) is 18.5. The average molecular weight is 352 g/mol. The van der Waals surface area contributed by atoms with E-state index in [2.05, 4.69) is 27.5 Å². The minimum Gasteiger partial charge on any atom is -0.369 e. The summed E-state index contributed by atoms with van der Waals surface area (Å²) in [5.74, 6) is -1.37. The normalized spacial score (nSPS) is 14.8. The van der Waals surface area contributed by atoms with Crippen LogP contribution in [-0.2, 0) is 9.59 Å². The molecule has 0 unspecified atom stereocenters. The molecule has 3 rings (SSSR count). The molecule has 0 spiro atoms. The fraction of sp³-hybridized carbons (Fsp3) is 0.300. The molecule has 1 fully saturated rings. The smallest absolute Gasteiger partial charge is 0.314 e. The molecule has 1 saturated heterocycles. The fourth-order valence-electron chi connectivity index (χ4n) is 2.83. The Balaban J connectivity index is 1.55. The van der Waals surface area contributed by atoms with Gasteiger partial charge in [-0.2, -0.15) is 0 Å². The lowest BCUT2D eigenvalue weighted by Crippen LogP contribution is -2.44. The van der Waals surface area contributed by atoms with Crippen LogP contribution >= 0.6 is 0 Å². The van der Waals surface area contributed by atoms with Gasteiger partial charge < -0.3 is 20.4 Å². The number of carbonyl (C=O) groups excluding carboxylic acids is 2. The van der Waals surface area contributed by atoms with Crippen molar-refractivity contribution < 1.29 is 9.59 Å². The minimum atomic E-state index is -0.683. The Bertz CT molecular complexity index is 763. The van der Waals surface area contributed by atoms with Crippen LogP contribution in [0.25, 0.3) is 0 Å². The number of piperazine rings is 1. The summed E-state index contributed by atoms with van der Waals surface area (Å²) < 4.78 is 0. The number of rotatable bonds is 3. The predicted molar refractivity (Wildman–Crippen MR) is 105 cm³/mol. The van der Waals surface area contributed by atoms with Gasteiger partial charge in [-0.25, -0.2) is 0 Å². The number of nitrogens with one attached hydrogen (secondary N) is 2. The summed E-state index contributed by atoms with van der Waals surface area (Å²) in [5.41, 5.74) is 3.42. The Hall–Kier alpha value is -2.86. The van der Waals surface area contributed by atoms with Crippen molar-refractivity contribution in [3.05, 3.63) is 54.1 Å². The highest BCUT2D eigenvalue weighted by molar-refractivity contribution is 6.43. The van der Waals surface area contributed by atoms with Gasteiger partial charge in [-0.1, -0.05) is 17.7 Å². The maximum Gasteiger partial charge on any atom is 0.314 e. The van der Waals surface area contributed by atoms with Crippen molar-refractivity contribution >= 4 is 28.9 Å². The van der Waals surface area contributed by atoms with Crippen LogP contribution in [0.1, 0.15) is 5.56 Å². The minimum absolute atomic E-state index is 0.598. The first-order valence-corrected chi connectivity index (χ1v) is 8.74. The SMILES string of the molecule is Cc1ccc(NC(=O)C(=O)Nc2ccc(N3CCN(C)CC3)cc2)cc1. The Morgan fingerprint density at radius 3 is 1.73 bits per heavy atom. The van der Waals surface area contributed by atoms with Crippen molar-refractivity contribution in [2.24, 2.45) is 0 Å². The molecule has 0 bridgehead atoms. The fourth-order valence-corrected chi connectivity index (χ4v) is 2.83. The van der Waals surface area contributed by atoms with E-state index < -0.39 is 11.8 Å². The zero-order valence-electron chi connectivity index (χ0n) is 15.2. The molecule has 2 amide bonds. The van der Waals surface area contributed by atoms with Crippen molar-refractivity contribution in [1.29, 1.82) is 0 Å². The standard InChI is InChI=1S/C20H24N4O2/c1-15-3-5-16(6-4-15)21-19(25)20(26)22-17-7-9-18(10-8-17)24-13-11-23(2)12-14-24/h3-10H,11-14H2,1-2H3,(H,21,25)(H,22,26). The second-order valence-electron chi connectivity index (χ2n) is 6.61. The van der Waals surface area contributed by atoms with Gasteiger partial charge in [0, 0.05) is 43.2 Å². The zero-order valence-corrected chi connectivity index (χ0v) is 15.2. The molecule has 1 aliphatic heterocycles. The van der Waals surface area contributed by atoms with Gasteiger partial charge in [0.15, 0.2) is 0 Å². The Labute approximate surface area is 153 Å². The summed E-state index contributed by atoms with van der Waals surface area (Å²) in [4.78, 5) is 28.7. The van der Waals surface area contributed by atoms with Crippen LogP contribution in [-0.4, -0.2) is 49.9 Å². The lowest BCUT2D eigenvalue weighted by molar-refractivity contribution is -0.132. The lowest BCUT2D eigenvalue weighted by Gasteiger charge is -2.34. The molecular formula is C20H24N4O2. The molecule has 2 N–H and O–H groups in total. The van der Waals surface area contributed by atoms with Crippen LogP contribution in [0.2, 0.25) is 0 Å². The highest BCUT2D eigenvalue weighted by Crippen LogP contribution is 2.19. The number of carbonyl (C=O) groups is 2. The Morgan fingerprint density at radius 1 is 0.769 bits per heavy atom. The predicted octanol–water partition coefficient (Wildman–Crippen LogP) is 2.32. The molecule has 0 aliphatic carbocycles. The van der Waals surface area contributed by atoms with Crippen LogP contribution in [0, 0.1) is 6.92 Å². The quantitative estimate of drug-likeness (QED) is 0.832. The van der Waals surface area contributed by atoms with Crippen LogP contribution in [0.3, 0.4) is 0 Å². The molecule has 6 heteroatoms. The number of amides is 2. The third-order valence-electron chi connectivity index (χ3n) is 4.51. The van der Waals surface area contributed by atoms with Crippen LogP contribution in [0.5, 0.6) is 0 Å². The van der Waals surface area contributed by atoms with Crippen LogP contribution < -0.4 is 15.5 Å². The molecule has 136 valence electrons. The van der Waals surface area contributed by atoms with E-state index in [0.29, 0.717) is 11.4 Å². The first kappa shape index (κ1) is 17.9. The highest BCUT2D eigenvalue weighted by Gasteiger charge is 2.16. The number of benzene rings is 2. The van der Waals surface area contributed by atoms with E-state index in [1.165, 1.54) is 0 Å². The third kappa shape index (κ3) is 4.61. The largest absolute Gasteiger partial charge is 0.369 e. The number of hydrogen-bond acceptors (Lipinski definition) is 4. The molecule has 2 aromatic rings. The van der Waals surface area contributed by atoms with E-state index in [4.69, 9.17) is 0 Å². The molecule has 1 aliphatic rings. The molecule has 2 aromatic carbocycles. The van der Waals surface area contributed by atoms with Gasteiger partial charge in [-0.3, -0.25) is 9.59 Å². The topological polar surface area (TPSA) is 64.7 Å². The van der Waals surface area contributed by atoms with E-state index in [1.54, 1.807) is 12.1 Å². The van der Waals surface area contributed by atoms with E-state index in [9.17, 15) is 9.59 Å². The molecule has 0 radical (unpaired) electrons. The maximum absolute atomic E-state index is 12.1. The van der Waals surface area contributed by atoms with Gasteiger partial charge in [0.25, 0.3) is 0 Å². The molecule has 26 heavy (non-hydrogen) atoms. The number of nitrogens with zero attached hydrogens (tertiary/aromatic N) is 2. The summed E-state index contributed by atoms with van der Waals surface area (Å²) in [6.07, 6.45) is 0. The average Bonchev–Trinajstić information content (AvgIpc) is 2.65. The molecule has 0 saturated carbocycles. The maximum atomic E-state index is 12.1. The van der Waals surface area contributed by atoms with Gasteiger partial charge in [0.1, 0.15) is 0 Å². The Morgan fingerprint density at radius 2 is 1.23 bits per heavy atom. The van der Waals surface area contributed by atoms with E-state index in [0.717, 1.165) is 37.4 Å². The van der Waals surface area contributed by atoms with Crippen molar-refractivity contribution in [3.63, 3.8) is 0 Å². The lowest BCUT2D eigenvalue weighted by atomic mass is 10.2. The van der Waals surface area contributed by atoms with Gasteiger partial charge in [-0.05, 0) is 50.4 Å². The van der Waals surface area contributed by atoms with Crippen LogP contribution in [0.4, 0.5) is 17.1 Å². The van der Waals surface area contributed by atoms with Crippen molar-refractivity contribution in [2.45, 2.75) is 6.92 Å².